The number of aromatic nitrogens is 4. The highest BCUT2D eigenvalue weighted by atomic mass is 32.1. The molecular weight excluding hydrogens is 320 g/mol. The number of hydrogen-bond acceptors (Lipinski definition) is 5. The van der Waals surface area contributed by atoms with Crippen LogP contribution >= 0.6 is 11.3 Å². The molecule has 4 aromatic rings. The SMILES string of the molecule is Cc1ccccc1Cc1nnc2sc(COc3ccccc3)nn12. The fourth-order valence-electron chi connectivity index (χ4n) is 2.51. The van der Waals surface area contributed by atoms with Crippen LogP contribution in [0.1, 0.15) is 22.0 Å². The number of benzene rings is 2. The monoisotopic (exact) mass is 336 g/mol. The van der Waals surface area contributed by atoms with Gasteiger partial charge in [0, 0.05) is 6.42 Å². The predicted octanol–water partition coefficient (Wildman–Crippen LogP) is 3.66. The van der Waals surface area contributed by atoms with E-state index in [1.807, 2.05) is 47.0 Å². The van der Waals surface area contributed by atoms with E-state index in [0.717, 1.165) is 28.0 Å². The molecule has 4 rings (SSSR count). The van der Waals surface area contributed by atoms with Gasteiger partial charge in [-0.3, -0.25) is 0 Å². The van der Waals surface area contributed by atoms with E-state index < -0.39 is 0 Å². The molecule has 120 valence electrons. The second kappa shape index (κ2) is 6.41. The Hall–Kier alpha value is -2.73. The molecule has 0 spiro atoms. The van der Waals surface area contributed by atoms with Crippen molar-refractivity contribution in [1.29, 1.82) is 0 Å². The Morgan fingerprint density at radius 3 is 2.62 bits per heavy atom. The molecule has 6 heteroatoms. The van der Waals surface area contributed by atoms with Gasteiger partial charge in [-0.1, -0.05) is 53.8 Å². The molecule has 24 heavy (non-hydrogen) atoms. The standard InChI is InChI=1S/C18H16N4OS/c1-13-7-5-6-8-14(13)11-16-19-20-18-22(16)21-17(24-18)12-23-15-9-3-2-4-10-15/h2-10H,11-12H2,1H3. The van der Waals surface area contributed by atoms with Gasteiger partial charge in [0.05, 0.1) is 0 Å². The third-order valence-corrected chi connectivity index (χ3v) is 4.68. The summed E-state index contributed by atoms with van der Waals surface area (Å²) in [6, 6.07) is 18.0. The Morgan fingerprint density at radius 1 is 1.00 bits per heavy atom. The van der Waals surface area contributed by atoms with Crippen LogP contribution in [0, 0.1) is 6.92 Å². The number of nitrogens with zero attached hydrogens (tertiary/aromatic N) is 4. The summed E-state index contributed by atoms with van der Waals surface area (Å²) in [5.41, 5.74) is 2.49. The highest BCUT2D eigenvalue weighted by molar-refractivity contribution is 7.16. The fraction of sp³-hybridized carbons (Fsp3) is 0.167. The molecule has 0 aliphatic rings. The van der Waals surface area contributed by atoms with E-state index in [0.29, 0.717) is 6.61 Å². The minimum absolute atomic E-state index is 0.432. The van der Waals surface area contributed by atoms with Crippen molar-refractivity contribution in [3.63, 3.8) is 0 Å². The zero-order valence-electron chi connectivity index (χ0n) is 13.2. The lowest BCUT2D eigenvalue weighted by molar-refractivity contribution is 0.304. The molecule has 0 aliphatic carbocycles. The van der Waals surface area contributed by atoms with Crippen LogP contribution in [0.4, 0.5) is 0 Å². The van der Waals surface area contributed by atoms with Crippen LogP contribution in [-0.4, -0.2) is 19.8 Å². The Kier molecular flexibility index (Phi) is 3.96. The first-order valence-electron chi connectivity index (χ1n) is 7.72. The van der Waals surface area contributed by atoms with Gasteiger partial charge in [0.15, 0.2) is 10.8 Å². The third kappa shape index (κ3) is 3.00. The summed E-state index contributed by atoms with van der Waals surface area (Å²) in [5.74, 6) is 1.69. The lowest BCUT2D eigenvalue weighted by Gasteiger charge is -2.03. The number of ether oxygens (including phenoxy) is 1. The van der Waals surface area contributed by atoms with E-state index >= 15 is 0 Å². The average Bonchev–Trinajstić information content (AvgIpc) is 3.17. The van der Waals surface area contributed by atoms with Crippen molar-refractivity contribution in [1.82, 2.24) is 19.8 Å². The molecule has 2 aromatic carbocycles. The maximum Gasteiger partial charge on any atom is 0.234 e. The van der Waals surface area contributed by atoms with Crippen molar-refractivity contribution in [2.75, 3.05) is 0 Å². The van der Waals surface area contributed by atoms with Crippen LogP contribution in [0.5, 0.6) is 5.75 Å². The van der Waals surface area contributed by atoms with Gasteiger partial charge in [0.2, 0.25) is 4.96 Å². The van der Waals surface area contributed by atoms with Crippen molar-refractivity contribution < 1.29 is 4.74 Å². The molecule has 0 bridgehead atoms. The van der Waals surface area contributed by atoms with Gasteiger partial charge in [-0.15, -0.1) is 10.2 Å². The number of fused-ring (bicyclic) bond motifs is 1. The molecule has 0 atom stereocenters. The Morgan fingerprint density at radius 2 is 1.79 bits per heavy atom. The van der Waals surface area contributed by atoms with E-state index in [1.165, 1.54) is 22.5 Å². The van der Waals surface area contributed by atoms with Gasteiger partial charge in [0.25, 0.3) is 0 Å². The van der Waals surface area contributed by atoms with Crippen molar-refractivity contribution in [3.05, 3.63) is 76.6 Å². The number of hydrogen-bond donors (Lipinski definition) is 0. The molecular formula is C18H16N4OS. The van der Waals surface area contributed by atoms with E-state index in [-0.39, 0.29) is 0 Å². The third-order valence-electron chi connectivity index (χ3n) is 3.81. The summed E-state index contributed by atoms with van der Waals surface area (Å²) >= 11 is 1.51. The van der Waals surface area contributed by atoms with Crippen LogP contribution in [0.2, 0.25) is 0 Å². The molecule has 0 saturated heterocycles. The van der Waals surface area contributed by atoms with Crippen LogP contribution in [0.15, 0.2) is 54.6 Å². The second-order valence-corrected chi connectivity index (χ2v) is 6.55. The van der Waals surface area contributed by atoms with Gasteiger partial charge in [-0.25, -0.2) is 0 Å². The summed E-state index contributed by atoms with van der Waals surface area (Å²) in [7, 11) is 0. The van der Waals surface area contributed by atoms with Crippen LogP contribution in [0.3, 0.4) is 0 Å². The first-order chi connectivity index (χ1) is 11.8. The molecule has 0 fully saturated rings. The molecule has 0 saturated carbocycles. The molecule has 0 amide bonds. The Balaban J connectivity index is 1.54. The van der Waals surface area contributed by atoms with Gasteiger partial charge < -0.3 is 4.74 Å². The quantitative estimate of drug-likeness (QED) is 0.558. The fourth-order valence-corrected chi connectivity index (χ4v) is 3.27. The molecule has 0 radical (unpaired) electrons. The number of aryl methyl sites for hydroxylation is 1. The average molecular weight is 336 g/mol. The maximum atomic E-state index is 5.75. The van der Waals surface area contributed by atoms with Gasteiger partial charge >= 0.3 is 0 Å². The Bertz CT molecular complexity index is 961. The van der Waals surface area contributed by atoms with Crippen molar-refractivity contribution >= 4 is 16.3 Å². The first kappa shape index (κ1) is 14.8. The molecule has 2 heterocycles. The topological polar surface area (TPSA) is 52.3 Å². The molecule has 0 aliphatic heterocycles. The molecule has 2 aromatic heterocycles. The van der Waals surface area contributed by atoms with Crippen LogP contribution in [-0.2, 0) is 13.0 Å². The zero-order chi connectivity index (χ0) is 16.4. The first-order valence-corrected chi connectivity index (χ1v) is 8.53. The van der Waals surface area contributed by atoms with Gasteiger partial charge in [-0.2, -0.15) is 9.61 Å². The van der Waals surface area contributed by atoms with E-state index in [4.69, 9.17) is 4.74 Å². The normalized spacial score (nSPS) is 11.0. The molecule has 5 nitrogen and oxygen atoms in total. The smallest absolute Gasteiger partial charge is 0.234 e. The summed E-state index contributed by atoms with van der Waals surface area (Å²) < 4.78 is 7.57. The van der Waals surface area contributed by atoms with Crippen LogP contribution < -0.4 is 4.74 Å². The summed E-state index contributed by atoms with van der Waals surface area (Å²) in [6.07, 6.45) is 0.719. The van der Waals surface area contributed by atoms with Crippen molar-refractivity contribution in [2.24, 2.45) is 0 Å². The summed E-state index contributed by atoms with van der Waals surface area (Å²) in [6.45, 7) is 2.54. The van der Waals surface area contributed by atoms with Gasteiger partial charge in [-0.05, 0) is 30.2 Å². The van der Waals surface area contributed by atoms with E-state index in [2.05, 4.69) is 34.4 Å². The lowest BCUT2D eigenvalue weighted by Crippen LogP contribution is -2.01. The van der Waals surface area contributed by atoms with Crippen LogP contribution in [0.25, 0.3) is 4.96 Å². The molecule has 0 unspecified atom stereocenters. The number of para-hydroxylation sites is 1. The highest BCUT2D eigenvalue weighted by Gasteiger charge is 2.13. The predicted molar refractivity (Wildman–Crippen MR) is 93.4 cm³/mol. The van der Waals surface area contributed by atoms with E-state index in [9.17, 15) is 0 Å². The van der Waals surface area contributed by atoms with E-state index in [1.54, 1.807) is 0 Å². The minimum Gasteiger partial charge on any atom is -0.486 e. The lowest BCUT2D eigenvalue weighted by atomic mass is 10.1. The van der Waals surface area contributed by atoms with Gasteiger partial charge in [0.1, 0.15) is 12.4 Å². The number of rotatable bonds is 5. The molecule has 0 N–H and O–H groups in total. The second-order valence-electron chi connectivity index (χ2n) is 5.51. The maximum absolute atomic E-state index is 5.75. The Labute approximate surface area is 143 Å². The summed E-state index contributed by atoms with van der Waals surface area (Å²) in [5, 5.41) is 14.0. The minimum atomic E-state index is 0.432. The highest BCUT2D eigenvalue weighted by Crippen LogP contribution is 2.19. The van der Waals surface area contributed by atoms with Crippen molar-refractivity contribution in [2.45, 2.75) is 20.0 Å². The summed E-state index contributed by atoms with van der Waals surface area (Å²) in [4.78, 5) is 0.797. The zero-order valence-corrected chi connectivity index (χ0v) is 14.0. The van der Waals surface area contributed by atoms with Crippen molar-refractivity contribution in [3.8, 4) is 5.75 Å². The largest absolute Gasteiger partial charge is 0.486 e.